The Morgan fingerprint density at radius 3 is 2.43 bits per heavy atom. The molecule has 1 unspecified atom stereocenters. The fraction of sp³-hybridized carbons (Fsp3) is 0.412. The molecule has 0 saturated heterocycles. The molecular weight excluding hydrogens is 308 g/mol. The summed E-state index contributed by atoms with van der Waals surface area (Å²) in [5, 5.41) is 8.26. The second-order valence-corrected chi connectivity index (χ2v) is 8.40. The molecule has 0 bridgehead atoms. The van der Waals surface area contributed by atoms with Crippen molar-refractivity contribution in [2.24, 2.45) is 0 Å². The number of nitrogens with one attached hydrogen (secondary N) is 1. The second-order valence-electron chi connectivity index (χ2n) is 6.40. The van der Waals surface area contributed by atoms with Crippen LogP contribution >= 0.6 is 0 Å². The average molecular weight is 332 g/mol. The van der Waals surface area contributed by atoms with Gasteiger partial charge in [0.15, 0.2) is 0 Å². The molecule has 1 aromatic carbocycles. The van der Waals surface area contributed by atoms with Crippen molar-refractivity contribution in [2.75, 3.05) is 5.73 Å². The molecule has 0 aliphatic carbocycles. The lowest BCUT2D eigenvalue weighted by atomic mass is 9.99. The van der Waals surface area contributed by atoms with Gasteiger partial charge in [0.05, 0.1) is 11.7 Å². The van der Waals surface area contributed by atoms with Crippen LogP contribution in [-0.4, -0.2) is 19.5 Å². The number of rotatable bonds is 5. The van der Waals surface area contributed by atoms with Crippen LogP contribution in [0.2, 0.25) is 0 Å². The molecule has 1 heterocycles. The van der Waals surface area contributed by atoms with E-state index in [1.807, 2.05) is 64.1 Å². The van der Waals surface area contributed by atoms with E-state index in [1.54, 1.807) is 0 Å². The first-order valence-electron chi connectivity index (χ1n) is 7.69. The summed E-state index contributed by atoms with van der Waals surface area (Å²) in [6, 6.07) is 11.5. The molecule has 5 nitrogen and oxygen atoms in total. The van der Waals surface area contributed by atoms with E-state index in [1.165, 1.54) is 0 Å². The monoisotopic (exact) mass is 332 g/mol. The molecule has 2 aromatic rings. The van der Waals surface area contributed by atoms with Gasteiger partial charge >= 0.3 is 0 Å². The summed E-state index contributed by atoms with van der Waals surface area (Å²) in [4.78, 5) is 0. The van der Waals surface area contributed by atoms with Crippen LogP contribution in [0.15, 0.2) is 36.4 Å². The molecular formula is C17H24N4OS. The van der Waals surface area contributed by atoms with Crippen molar-refractivity contribution < 1.29 is 4.55 Å². The quantitative estimate of drug-likeness (QED) is 0.821. The van der Waals surface area contributed by atoms with Crippen molar-refractivity contribution in [2.45, 2.75) is 44.9 Å². The zero-order valence-electron chi connectivity index (χ0n) is 14.0. The Hall–Kier alpha value is -1.63. The molecule has 23 heavy (non-hydrogen) atoms. The number of hydrogen-bond donors (Lipinski definition) is 2. The summed E-state index contributed by atoms with van der Waals surface area (Å²) in [6.07, 6.45) is 0.771. The van der Waals surface area contributed by atoms with Crippen molar-refractivity contribution in [3.05, 3.63) is 42.0 Å². The fourth-order valence-electron chi connectivity index (χ4n) is 2.18. The van der Waals surface area contributed by atoms with Crippen LogP contribution < -0.4 is 10.5 Å². The number of anilines is 1. The van der Waals surface area contributed by atoms with E-state index in [-0.39, 0.29) is 10.8 Å². The van der Waals surface area contributed by atoms with Crippen LogP contribution in [0.25, 0.3) is 11.3 Å². The first kappa shape index (κ1) is 17.7. The number of nitrogen functional groups attached to an aromatic ring is 1. The van der Waals surface area contributed by atoms with Crippen LogP contribution in [0.4, 0.5) is 5.82 Å². The summed E-state index contributed by atoms with van der Waals surface area (Å²) >= 11 is -1.18. The Bertz CT molecular complexity index is 643. The van der Waals surface area contributed by atoms with Gasteiger partial charge in [-0.05, 0) is 33.3 Å². The predicted octanol–water partition coefficient (Wildman–Crippen LogP) is 3.23. The smallest absolute Gasteiger partial charge is 0.146 e. The zero-order chi connectivity index (χ0) is 17.0. The molecule has 0 saturated carbocycles. The van der Waals surface area contributed by atoms with Gasteiger partial charge in [-0.15, -0.1) is 14.9 Å². The normalized spacial score (nSPS) is 14.5. The molecule has 0 fully saturated rings. The molecule has 1 aromatic heterocycles. The fourth-order valence-corrected chi connectivity index (χ4v) is 3.09. The highest BCUT2D eigenvalue weighted by Crippen LogP contribution is 2.30. The Kier molecular flexibility index (Phi) is 5.62. The zero-order valence-corrected chi connectivity index (χ0v) is 14.9. The van der Waals surface area contributed by atoms with Crippen LogP contribution in [0.3, 0.4) is 0 Å². The van der Waals surface area contributed by atoms with E-state index in [0.29, 0.717) is 5.82 Å². The van der Waals surface area contributed by atoms with Crippen molar-refractivity contribution >= 4 is 17.2 Å². The first-order chi connectivity index (χ1) is 10.8. The third-order valence-electron chi connectivity index (χ3n) is 3.48. The topological polar surface area (TPSA) is 86.9 Å². The lowest BCUT2D eigenvalue weighted by Crippen LogP contribution is -2.41. The minimum atomic E-state index is -1.18. The van der Waals surface area contributed by atoms with E-state index in [9.17, 15) is 4.55 Å². The van der Waals surface area contributed by atoms with Gasteiger partial charge in [-0.3, -0.25) is 0 Å². The van der Waals surface area contributed by atoms with Gasteiger partial charge < -0.3 is 10.3 Å². The minimum Gasteiger partial charge on any atom is -0.598 e. The largest absolute Gasteiger partial charge is 0.598 e. The van der Waals surface area contributed by atoms with Gasteiger partial charge in [-0.1, -0.05) is 37.3 Å². The lowest BCUT2D eigenvalue weighted by Gasteiger charge is -2.28. The highest BCUT2D eigenvalue weighted by atomic mass is 32.2. The number of hydrogen-bond acceptors (Lipinski definition) is 5. The molecule has 6 heteroatoms. The van der Waals surface area contributed by atoms with Gasteiger partial charge in [-0.2, -0.15) is 0 Å². The average Bonchev–Trinajstić information content (AvgIpc) is 2.52. The molecule has 0 amide bonds. The van der Waals surface area contributed by atoms with E-state index in [2.05, 4.69) is 14.9 Å². The van der Waals surface area contributed by atoms with Crippen molar-refractivity contribution in [3.8, 4) is 11.3 Å². The molecule has 124 valence electrons. The van der Waals surface area contributed by atoms with Gasteiger partial charge in [0.25, 0.3) is 0 Å². The Morgan fingerprint density at radius 2 is 1.87 bits per heavy atom. The maximum Gasteiger partial charge on any atom is 0.146 e. The third-order valence-corrected chi connectivity index (χ3v) is 5.09. The highest BCUT2D eigenvalue weighted by molar-refractivity contribution is 7.90. The standard InChI is InChI=1S/C17H24N4OS/c1-5-14(21-23(22)17(2,3)4)13-11-15(18)19-20-16(13)12-9-7-6-8-10-12/h6-11,14,21H,5H2,1-4H3,(H2,18,19)/t14-,23?/m1/s1. The van der Waals surface area contributed by atoms with E-state index >= 15 is 0 Å². The van der Waals surface area contributed by atoms with Crippen LogP contribution in [0, 0.1) is 0 Å². The minimum absolute atomic E-state index is 0.108. The van der Waals surface area contributed by atoms with Gasteiger partial charge in [0.2, 0.25) is 0 Å². The number of aromatic nitrogens is 2. The van der Waals surface area contributed by atoms with Gasteiger partial charge in [0.1, 0.15) is 10.6 Å². The second kappa shape index (κ2) is 7.29. The lowest BCUT2D eigenvalue weighted by molar-refractivity contribution is 0.518. The van der Waals surface area contributed by atoms with Crippen LogP contribution in [0.1, 0.15) is 45.7 Å². The van der Waals surface area contributed by atoms with E-state index < -0.39 is 11.4 Å². The van der Waals surface area contributed by atoms with E-state index in [0.717, 1.165) is 23.2 Å². The summed E-state index contributed by atoms with van der Waals surface area (Å²) in [6.45, 7) is 7.88. The SMILES string of the molecule is CC[C@@H](N[S+]([O-])C(C)(C)C)c1cc(N)nnc1-c1ccccc1. The predicted molar refractivity (Wildman–Crippen MR) is 95.9 cm³/mol. The maximum absolute atomic E-state index is 12.5. The maximum atomic E-state index is 12.5. The Labute approximate surface area is 141 Å². The third kappa shape index (κ3) is 4.43. The summed E-state index contributed by atoms with van der Waals surface area (Å²) < 4.78 is 15.3. The van der Waals surface area contributed by atoms with Gasteiger partial charge in [0, 0.05) is 22.5 Å². The van der Waals surface area contributed by atoms with Crippen LogP contribution in [-0.2, 0) is 11.4 Å². The molecule has 0 aliphatic heterocycles. The Morgan fingerprint density at radius 1 is 1.22 bits per heavy atom. The van der Waals surface area contributed by atoms with Crippen molar-refractivity contribution in [3.63, 3.8) is 0 Å². The molecule has 2 rings (SSSR count). The summed E-state index contributed by atoms with van der Waals surface area (Å²) in [5.41, 5.74) is 8.50. The highest BCUT2D eigenvalue weighted by Gasteiger charge is 2.30. The summed E-state index contributed by atoms with van der Waals surface area (Å²) in [5.74, 6) is 0.362. The van der Waals surface area contributed by atoms with E-state index in [4.69, 9.17) is 5.73 Å². The van der Waals surface area contributed by atoms with Crippen molar-refractivity contribution in [1.29, 1.82) is 0 Å². The molecule has 0 radical (unpaired) electrons. The number of nitrogens with two attached hydrogens (primary N) is 1. The Balaban J connectivity index is 2.41. The number of benzene rings is 1. The summed E-state index contributed by atoms with van der Waals surface area (Å²) in [7, 11) is 0. The van der Waals surface area contributed by atoms with Crippen molar-refractivity contribution in [1.82, 2.24) is 14.9 Å². The first-order valence-corrected chi connectivity index (χ1v) is 8.84. The molecule has 3 N–H and O–H groups in total. The molecule has 0 spiro atoms. The number of nitrogens with zero attached hydrogens (tertiary/aromatic N) is 2. The molecule has 0 aliphatic rings. The van der Waals surface area contributed by atoms with Crippen LogP contribution in [0.5, 0.6) is 0 Å². The van der Waals surface area contributed by atoms with Gasteiger partial charge in [-0.25, -0.2) is 0 Å². The molecule has 2 atom stereocenters.